The molecule has 0 saturated heterocycles. The predicted octanol–water partition coefficient (Wildman–Crippen LogP) is 1.64. The lowest BCUT2D eigenvalue weighted by Crippen LogP contribution is -2.27. The van der Waals surface area contributed by atoms with E-state index < -0.39 is 5.92 Å². The Morgan fingerprint density at radius 3 is 2.69 bits per heavy atom. The molecule has 0 aliphatic heterocycles. The maximum Gasteiger partial charge on any atom is 0.314 e. The second kappa shape index (κ2) is 5.61. The number of ether oxygens (including phenoxy) is 1. The molecule has 0 spiro atoms. The van der Waals surface area contributed by atoms with Crippen molar-refractivity contribution >= 4 is 5.97 Å². The Morgan fingerprint density at radius 2 is 2.19 bits per heavy atom. The van der Waals surface area contributed by atoms with Crippen LogP contribution < -0.4 is 0 Å². The molecule has 0 N–H and O–H groups in total. The zero-order valence-corrected chi connectivity index (χ0v) is 9.74. The molecule has 0 heterocycles. The van der Waals surface area contributed by atoms with Gasteiger partial charge in [-0.3, -0.25) is 4.79 Å². The summed E-state index contributed by atoms with van der Waals surface area (Å²) >= 11 is 0. The number of esters is 1. The molecule has 3 nitrogen and oxygen atoms in total. The first kappa shape index (κ1) is 12.6. The van der Waals surface area contributed by atoms with Crippen molar-refractivity contribution in [2.45, 2.75) is 5.92 Å². The highest BCUT2D eigenvalue weighted by molar-refractivity contribution is 5.78. The summed E-state index contributed by atoms with van der Waals surface area (Å²) in [6, 6.07) is 6.04. The van der Waals surface area contributed by atoms with Crippen LogP contribution >= 0.6 is 0 Å². The quantitative estimate of drug-likeness (QED) is 0.730. The molecule has 1 aromatic rings. The summed E-state index contributed by atoms with van der Waals surface area (Å²) in [6.07, 6.45) is 0. The van der Waals surface area contributed by atoms with Gasteiger partial charge in [0.2, 0.25) is 0 Å². The van der Waals surface area contributed by atoms with Crippen LogP contribution in [0.5, 0.6) is 0 Å². The van der Waals surface area contributed by atoms with Crippen LogP contribution in [0.2, 0.25) is 0 Å². The van der Waals surface area contributed by atoms with Crippen LogP contribution in [0.25, 0.3) is 0 Å². The summed E-state index contributed by atoms with van der Waals surface area (Å²) < 4.78 is 17.8. The van der Waals surface area contributed by atoms with Crippen molar-refractivity contribution in [2.24, 2.45) is 0 Å². The average Bonchev–Trinajstić information content (AvgIpc) is 2.24. The second-order valence-electron chi connectivity index (χ2n) is 3.89. The van der Waals surface area contributed by atoms with Crippen LogP contribution in [0.3, 0.4) is 0 Å². The van der Waals surface area contributed by atoms with Crippen LogP contribution in [0.4, 0.5) is 4.39 Å². The van der Waals surface area contributed by atoms with E-state index in [-0.39, 0.29) is 11.8 Å². The monoisotopic (exact) mass is 225 g/mol. The molecule has 0 radical (unpaired) electrons. The Hall–Kier alpha value is -1.42. The first-order valence-electron chi connectivity index (χ1n) is 5.02. The fourth-order valence-electron chi connectivity index (χ4n) is 1.55. The van der Waals surface area contributed by atoms with Crippen LogP contribution in [-0.4, -0.2) is 38.6 Å². The first-order chi connectivity index (χ1) is 7.54. The van der Waals surface area contributed by atoms with Crippen molar-refractivity contribution in [3.8, 4) is 0 Å². The highest BCUT2D eigenvalue weighted by Crippen LogP contribution is 2.19. The molecule has 4 heteroatoms. The average molecular weight is 225 g/mol. The van der Waals surface area contributed by atoms with E-state index in [9.17, 15) is 9.18 Å². The smallest absolute Gasteiger partial charge is 0.314 e. The van der Waals surface area contributed by atoms with Crippen LogP contribution in [0, 0.1) is 5.82 Å². The minimum absolute atomic E-state index is 0.342. The van der Waals surface area contributed by atoms with Crippen molar-refractivity contribution in [2.75, 3.05) is 27.7 Å². The van der Waals surface area contributed by atoms with Crippen molar-refractivity contribution in [3.63, 3.8) is 0 Å². The standard InChI is InChI=1S/C12H16FNO2/c1-14(2)8-11(12(15)16-3)9-5-4-6-10(13)7-9/h4-7,11H,8H2,1-3H3. The fourth-order valence-corrected chi connectivity index (χ4v) is 1.55. The third-order valence-electron chi connectivity index (χ3n) is 2.28. The molecule has 1 atom stereocenters. The Bertz CT molecular complexity index is 366. The van der Waals surface area contributed by atoms with Gasteiger partial charge in [-0.1, -0.05) is 12.1 Å². The van der Waals surface area contributed by atoms with Gasteiger partial charge in [-0.15, -0.1) is 0 Å². The van der Waals surface area contributed by atoms with E-state index >= 15 is 0 Å². The lowest BCUT2D eigenvalue weighted by molar-refractivity contribution is -0.142. The maximum absolute atomic E-state index is 13.1. The maximum atomic E-state index is 13.1. The Balaban J connectivity index is 2.96. The van der Waals surface area contributed by atoms with Crippen LogP contribution in [0.15, 0.2) is 24.3 Å². The highest BCUT2D eigenvalue weighted by Gasteiger charge is 2.22. The van der Waals surface area contributed by atoms with E-state index in [1.807, 2.05) is 19.0 Å². The number of hydrogen-bond acceptors (Lipinski definition) is 3. The minimum Gasteiger partial charge on any atom is -0.469 e. The molecule has 0 aromatic heterocycles. The van der Waals surface area contributed by atoms with Gasteiger partial charge in [0.15, 0.2) is 0 Å². The number of benzene rings is 1. The van der Waals surface area contributed by atoms with Crippen molar-refractivity contribution in [1.82, 2.24) is 4.90 Å². The molecule has 1 aromatic carbocycles. The van der Waals surface area contributed by atoms with E-state index in [2.05, 4.69) is 0 Å². The Kier molecular flexibility index (Phi) is 4.43. The van der Waals surface area contributed by atoms with E-state index in [0.29, 0.717) is 12.1 Å². The highest BCUT2D eigenvalue weighted by atomic mass is 19.1. The zero-order valence-electron chi connectivity index (χ0n) is 9.74. The Morgan fingerprint density at radius 1 is 1.50 bits per heavy atom. The number of methoxy groups -OCH3 is 1. The molecule has 88 valence electrons. The van der Waals surface area contributed by atoms with Gasteiger partial charge in [0.25, 0.3) is 0 Å². The third kappa shape index (κ3) is 3.31. The predicted molar refractivity (Wildman–Crippen MR) is 59.7 cm³/mol. The van der Waals surface area contributed by atoms with Gasteiger partial charge in [0, 0.05) is 6.54 Å². The SMILES string of the molecule is COC(=O)C(CN(C)C)c1cccc(F)c1. The molecule has 0 saturated carbocycles. The van der Waals surface area contributed by atoms with Gasteiger partial charge in [0.1, 0.15) is 5.82 Å². The van der Waals surface area contributed by atoms with Crippen LogP contribution in [0.1, 0.15) is 11.5 Å². The topological polar surface area (TPSA) is 29.5 Å². The van der Waals surface area contributed by atoms with Gasteiger partial charge in [0.05, 0.1) is 13.0 Å². The first-order valence-corrected chi connectivity index (χ1v) is 5.02. The van der Waals surface area contributed by atoms with Gasteiger partial charge >= 0.3 is 5.97 Å². The van der Waals surface area contributed by atoms with Crippen LogP contribution in [-0.2, 0) is 9.53 Å². The molecular weight excluding hydrogens is 209 g/mol. The number of nitrogens with zero attached hydrogens (tertiary/aromatic N) is 1. The van der Waals surface area contributed by atoms with Crippen molar-refractivity contribution in [3.05, 3.63) is 35.6 Å². The Labute approximate surface area is 94.8 Å². The molecule has 0 bridgehead atoms. The van der Waals surface area contributed by atoms with E-state index in [1.54, 1.807) is 12.1 Å². The molecule has 0 amide bonds. The largest absolute Gasteiger partial charge is 0.469 e. The lowest BCUT2D eigenvalue weighted by atomic mass is 9.99. The van der Waals surface area contributed by atoms with Crippen molar-refractivity contribution in [1.29, 1.82) is 0 Å². The van der Waals surface area contributed by atoms with Gasteiger partial charge in [-0.25, -0.2) is 4.39 Å². The summed E-state index contributed by atoms with van der Waals surface area (Å²) in [4.78, 5) is 13.5. The van der Waals surface area contributed by atoms with Gasteiger partial charge in [-0.05, 0) is 31.8 Å². The third-order valence-corrected chi connectivity index (χ3v) is 2.28. The van der Waals surface area contributed by atoms with E-state index in [1.165, 1.54) is 19.2 Å². The number of likely N-dealkylation sites (N-methyl/N-ethyl adjacent to an activating group) is 1. The van der Waals surface area contributed by atoms with Gasteiger partial charge in [-0.2, -0.15) is 0 Å². The molecule has 0 aliphatic rings. The summed E-state index contributed by atoms with van der Waals surface area (Å²) in [5, 5.41) is 0. The van der Waals surface area contributed by atoms with E-state index in [0.717, 1.165) is 0 Å². The number of rotatable bonds is 4. The summed E-state index contributed by atoms with van der Waals surface area (Å²) in [5.74, 6) is -1.14. The molecule has 16 heavy (non-hydrogen) atoms. The van der Waals surface area contributed by atoms with Gasteiger partial charge < -0.3 is 9.64 Å². The molecule has 0 fully saturated rings. The summed E-state index contributed by atoms with van der Waals surface area (Å²) in [6.45, 7) is 0.496. The zero-order chi connectivity index (χ0) is 12.1. The summed E-state index contributed by atoms with van der Waals surface area (Å²) in [7, 11) is 5.05. The minimum atomic E-state index is -0.448. The molecule has 1 rings (SSSR count). The van der Waals surface area contributed by atoms with Crippen molar-refractivity contribution < 1.29 is 13.9 Å². The number of carbonyl (C=O) groups is 1. The normalized spacial score (nSPS) is 12.6. The number of carbonyl (C=O) groups excluding carboxylic acids is 1. The molecule has 0 aliphatic carbocycles. The molecule has 1 unspecified atom stereocenters. The summed E-state index contributed by atoms with van der Waals surface area (Å²) in [5.41, 5.74) is 0.639. The lowest BCUT2D eigenvalue weighted by Gasteiger charge is -2.19. The molecular formula is C12H16FNO2. The second-order valence-corrected chi connectivity index (χ2v) is 3.89. The number of halogens is 1. The number of hydrogen-bond donors (Lipinski definition) is 0. The van der Waals surface area contributed by atoms with E-state index in [4.69, 9.17) is 4.74 Å². The fraction of sp³-hybridized carbons (Fsp3) is 0.417.